The SMILES string of the molecule is CCCCCCCCC(CCCCCC)Cc1csc(-c2sc(-c3c(F)c(F)c(-c4cc(CC(CCCCCC)CCCCCCCC)c(-c5cc(CC(CCCCCC)CCCCCCCC)cs5)s4)c4nsnc34)cc2CC(CCCCCC)CCCCCCCC)c1. The van der Waals surface area contributed by atoms with Crippen molar-refractivity contribution in [2.24, 2.45) is 23.7 Å². The molecule has 0 saturated heterocycles. The minimum atomic E-state index is -0.766. The van der Waals surface area contributed by atoms with E-state index in [4.69, 9.17) is 8.75 Å². The summed E-state index contributed by atoms with van der Waals surface area (Å²) in [6.45, 7) is 18.5. The molecule has 95 heavy (non-hydrogen) atoms. The van der Waals surface area contributed by atoms with Crippen molar-refractivity contribution in [1.29, 1.82) is 0 Å². The van der Waals surface area contributed by atoms with E-state index in [9.17, 15) is 0 Å². The van der Waals surface area contributed by atoms with Crippen LogP contribution in [0.4, 0.5) is 8.78 Å². The van der Waals surface area contributed by atoms with Gasteiger partial charge in [-0.25, -0.2) is 8.78 Å². The molecule has 6 aromatic rings. The van der Waals surface area contributed by atoms with Gasteiger partial charge < -0.3 is 0 Å². The second kappa shape index (κ2) is 50.1. The zero-order valence-electron chi connectivity index (χ0n) is 62.2. The summed E-state index contributed by atoms with van der Waals surface area (Å²) in [6.07, 6.45) is 66.8. The van der Waals surface area contributed by atoms with Crippen LogP contribution in [0, 0.1) is 35.3 Å². The van der Waals surface area contributed by atoms with Crippen LogP contribution in [0.25, 0.3) is 51.4 Å². The minimum Gasteiger partial charge on any atom is -0.203 e. The van der Waals surface area contributed by atoms with E-state index < -0.39 is 11.6 Å². The molecule has 0 fully saturated rings. The summed E-state index contributed by atoms with van der Waals surface area (Å²) in [7, 11) is 0. The molecule has 0 aliphatic carbocycles. The van der Waals surface area contributed by atoms with E-state index >= 15 is 8.78 Å². The molecule has 4 unspecified atom stereocenters. The maximum Gasteiger partial charge on any atom is 0.170 e. The fraction of sp³-hybridized carbons (Fsp3) is 0.744. The highest BCUT2D eigenvalue weighted by molar-refractivity contribution is 7.24. The number of benzene rings is 1. The van der Waals surface area contributed by atoms with Gasteiger partial charge >= 0.3 is 0 Å². The monoisotopic (exact) mass is 1400 g/mol. The first-order valence-electron chi connectivity index (χ1n) is 40.7. The fourth-order valence-corrected chi connectivity index (χ4v) is 20.6. The molecule has 4 atom stereocenters. The zero-order valence-corrected chi connectivity index (χ0v) is 66.3. The average molecular weight is 1400 g/mol. The van der Waals surface area contributed by atoms with Gasteiger partial charge in [-0.1, -0.05) is 364 Å². The van der Waals surface area contributed by atoms with Crippen molar-refractivity contribution < 1.29 is 8.78 Å². The Balaban J connectivity index is 1.42. The van der Waals surface area contributed by atoms with Crippen LogP contribution in [-0.4, -0.2) is 8.75 Å². The number of rotatable bonds is 60. The van der Waals surface area contributed by atoms with Crippen LogP contribution in [0.5, 0.6) is 0 Å². The number of hydrogen-bond donors (Lipinski definition) is 0. The standard InChI is InChI=1S/C86H138F2N2S5/c1-9-17-25-33-37-45-51-67(49-41-29-21-13-5)57-71-61-77(91-65-71)85-73(59-69(53-43-31-23-15-7)55-47-39-35-27-19-11-3)63-75(93-85)79-81(87)82(88)80(84-83(79)89-95-90-84)76-64-74(60-70(54-44-32-24-16-8)56-48-40-36-28-20-12-4)86(94-76)78-62-72(66-92-78)58-68(50-42-30-22-14-6)52-46-38-34-26-18-10-2/h61-70H,9-60H2,1-8H3. The first-order valence-corrected chi connectivity index (χ1v) is 44.9. The summed E-state index contributed by atoms with van der Waals surface area (Å²) >= 11 is 8.26. The molecule has 2 nitrogen and oxygen atoms in total. The molecular weight excluding hydrogens is 1260 g/mol. The van der Waals surface area contributed by atoms with Gasteiger partial charge in [0, 0.05) is 29.3 Å². The lowest BCUT2D eigenvalue weighted by molar-refractivity contribution is 0.402. The van der Waals surface area contributed by atoms with Crippen molar-refractivity contribution in [3.63, 3.8) is 0 Å². The van der Waals surface area contributed by atoms with Crippen LogP contribution in [-0.2, 0) is 25.7 Å². The highest BCUT2D eigenvalue weighted by Crippen LogP contribution is 2.50. The molecular formula is C86H138F2N2S5. The van der Waals surface area contributed by atoms with Crippen LogP contribution < -0.4 is 0 Å². The molecule has 5 aromatic heterocycles. The van der Waals surface area contributed by atoms with Gasteiger partial charge in [0.1, 0.15) is 11.0 Å². The van der Waals surface area contributed by atoms with E-state index in [1.54, 1.807) is 22.7 Å². The molecule has 0 bridgehead atoms. The normalized spacial score (nSPS) is 13.3. The Labute approximate surface area is 603 Å². The van der Waals surface area contributed by atoms with Gasteiger partial charge in [-0.15, -0.1) is 45.3 Å². The second-order valence-electron chi connectivity index (χ2n) is 29.8. The quantitative estimate of drug-likeness (QED) is 0.0356. The Bertz CT molecular complexity index is 2680. The second-order valence-corrected chi connectivity index (χ2v) is 34.3. The lowest BCUT2D eigenvalue weighted by atomic mass is 9.88. The largest absolute Gasteiger partial charge is 0.203 e. The topological polar surface area (TPSA) is 25.8 Å². The third-order valence-electron chi connectivity index (χ3n) is 21.3. The molecule has 0 aliphatic rings. The summed E-state index contributed by atoms with van der Waals surface area (Å²) in [5, 5.41) is 4.89. The van der Waals surface area contributed by atoms with Crippen LogP contribution in [0.3, 0.4) is 0 Å². The Morgan fingerprint density at radius 1 is 0.295 bits per heavy atom. The van der Waals surface area contributed by atoms with E-state index in [2.05, 4.69) is 90.4 Å². The summed E-state index contributed by atoms with van der Waals surface area (Å²) < 4.78 is 46.3. The first-order chi connectivity index (χ1) is 46.7. The van der Waals surface area contributed by atoms with Crippen LogP contribution in [0.15, 0.2) is 35.0 Å². The van der Waals surface area contributed by atoms with Gasteiger partial charge in [0.2, 0.25) is 0 Å². The van der Waals surface area contributed by atoms with E-state index in [0.717, 1.165) is 47.2 Å². The van der Waals surface area contributed by atoms with Gasteiger partial charge in [0.05, 0.1) is 22.9 Å². The van der Waals surface area contributed by atoms with Crippen molar-refractivity contribution in [3.05, 3.63) is 68.9 Å². The van der Waals surface area contributed by atoms with Crippen molar-refractivity contribution in [2.75, 3.05) is 0 Å². The van der Waals surface area contributed by atoms with Gasteiger partial charge in [-0.05, 0) is 107 Å². The van der Waals surface area contributed by atoms with Crippen molar-refractivity contribution in [1.82, 2.24) is 8.75 Å². The van der Waals surface area contributed by atoms with E-state index in [-0.39, 0.29) is 0 Å². The summed E-state index contributed by atoms with van der Waals surface area (Å²) in [5.74, 6) is 0.979. The third-order valence-corrected chi connectivity index (χ3v) is 26.5. The average Bonchev–Trinajstić information content (AvgIpc) is 1.66. The molecule has 9 heteroatoms. The molecule has 6 rings (SSSR count). The predicted octanol–water partition coefficient (Wildman–Crippen LogP) is 32.4. The van der Waals surface area contributed by atoms with Gasteiger partial charge in [0.15, 0.2) is 11.6 Å². The number of aromatic nitrogens is 2. The molecule has 1 aromatic carbocycles. The molecule has 0 spiro atoms. The fourth-order valence-electron chi connectivity index (χ4n) is 15.4. The highest BCUT2D eigenvalue weighted by atomic mass is 32.1. The molecule has 5 heterocycles. The molecule has 0 amide bonds. The number of fused-ring (bicyclic) bond motifs is 1. The van der Waals surface area contributed by atoms with Crippen LogP contribution in [0.1, 0.15) is 386 Å². The zero-order chi connectivity index (χ0) is 67.5. The lowest BCUT2D eigenvalue weighted by Crippen LogP contribution is -2.06. The Morgan fingerprint density at radius 2 is 0.537 bits per heavy atom. The van der Waals surface area contributed by atoms with Crippen LogP contribution in [0.2, 0.25) is 0 Å². The number of hydrogen-bond acceptors (Lipinski definition) is 7. The number of halogens is 2. The molecule has 0 saturated carbocycles. The highest BCUT2D eigenvalue weighted by Gasteiger charge is 2.30. The molecule has 0 radical (unpaired) electrons. The van der Waals surface area contributed by atoms with Gasteiger partial charge in [-0.3, -0.25) is 0 Å². The molecule has 536 valence electrons. The number of nitrogens with zero attached hydrogens (tertiary/aromatic N) is 2. The van der Waals surface area contributed by atoms with Crippen molar-refractivity contribution in [3.8, 4) is 40.4 Å². The van der Waals surface area contributed by atoms with Gasteiger partial charge in [0.25, 0.3) is 0 Å². The van der Waals surface area contributed by atoms with E-state index in [1.165, 1.54) is 350 Å². The van der Waals surface area contributed by atoms with Crippen LogP contribution >= 0.6 is 57.1 Å². The molecule has 0 aliphatic heterocycles. The molecule has 0 N–H and O–H groups in total. The smallest absolute Gasteiger partial charge is 0.170 e. The Hall–Kier alpha value is -2.30. The van der Waals surface area contributed by atoms with E-state index in [0.29, 0.717) is 45.8 Å². The van der Waals surface area contributed by atoms with Crippen molar-refractivity contribution >= 4 is 68.1 Å². The third kappa shape index (κ3) is 29.7. The minimum absolute atomic E-state index is 0.307. The summed E-state index contributed by atoms with van der Waals surface area (Å²) in [4.78, 5) is 6.69. The number of unbranched alkanes of at least 4 members (excludes halogenated alkanes) is 32. The lowest BCUT2D eigenvalue weighted by Gasteiger charge is -2.17. The summed E-state index contributed by atoms with van der Waals surface area (Å²) in [5.41, 5.74) is 7.18. The Kier molecular flexibility index (Phi) is 43.1. The number of thiophene rings is 4. The van der Waals surface area contributed by atoms with Gasteiger partial charge in [-0.2, -0.15) is 8.75 Å². The summed E-state index contributed by atoms with van der Waals surface area (Å²) in [6, 6.07) is 9.58. The van der Waals surface area contributed by atoms with Crippen molar-refractivity contribution in [2.45, 2.75) is 389 Å². The first kappa shape index (κ1) is 81.7. The van der Waals surface area contributed by atoms with E-state index in [1.807, 2.05) is 22.7 Å². The predicted molar refractivity (Wildman–Crippen MR) is 426 cm³/mol. The maximum atomic E-state index is 18.2. The maximum absolute atomic E-state index is 18.2. The Morgan fingerprint density at radius 3 is 0.811 bits per heavy atom.